The van der Waals surface area contributed by atoms with Crippen LogP contribution in [0.2, 0.25) is 0 Å². The third kappa shape index (κ3) is 1.64. The Hall–Kier alpha value is -0.0900. The lowest BCUT2D eigenvalue weighted by molar-refractivity contribution is 0.623. The molecule has 1 rings (SSSR count). The monoisotopic (exact) mass is 190 g/mol. The maximum Gasteiger partial charge on any atom is 0.0570 e. The van der Waals surface area contributed by atoms with Gasteiger partial charge in [0.15, 0.2) is 0 Å². The fourth-order valence-electron chi connectivity index (χ4n) is 1.41. The summed E-state index contributed by atoms with van der Waals surface area (Å²) < 4.78 is 19.5. The van der Waals surface area contributed by atoms with Gasteiger partial charge in [-0.1, -0.05) is 0 Å². The average molecular weight is 190 g/mol. The summed E-state index contributed by atoms with van der Waals surface area (Å²) in [6, 6.07) is 0. The minimum absolute atomic E-state index is 0.0532. The highest BCUT2D eigenvalue weighted by Crippen LogP contribution is 2.24. The quantitative estimate of drug-likeness (QED) is 0.652. The molecule has 3 nitrogen and oxygen atoms in total. The lowest BCUT2D eigenvalue weighted by atomic mass is 10.3. The third-order valence-corrected chi connectivity index (χ3v) is 5.55. The second kappa shape index (κ2) is 3.00. The van der Waals surface area contributed by atoms with Crippen LogP contribution in [0.5, 0.6) is 0 Å². The van der Waals surface area contributed by atoms with E-state index in [1.165, 1.54) is 0 Å². The Morgan fingerprint density at radius 3 is 2.42 bits per heavy atom. The lowest BCUT2D eigenvalue weighted by Gasteiger charge is -2.26. The van der Waals surface area contributed by atoms with Crippen LogP contribution in [0.15, 0.2) is 0 Å². The number of hydrogen-bond acceptors (Lipinski definition) is 3. The van der Waals surface area contributed by atoms with Crippen molar-refractivity contribution in [1.82, 2.24) is 5.32 Å². The van der Waals surface area contributed by atoms with Crippen LogP contribution < -0.4 is 5.32 Å². The molecule has 2 N–H and O–H groups in total. The van der Waals surface area contributed by atoms with E-state index < -0.39 is 9.73 Å². The van der Waals surface area contributed by atoms with E-state index in [1.54, 1.807) is 0 Å². The van der Waals surface area contributed by atoms with E-state index in [1.807, 2.05) is 20.8 Å². The predicted octanol–water partition coefficient (Wildman–Crippen LogP) is 1.19. The molecule has 72 valence electrons. The Morgan fingerprint density at radius 2 is 2.08 bits per heavy atom. The number of rotatable bonds is 1. The van der Waals surface area contributed by atoms with Gasteiger partial charge < -0.3 is 5.32 Å². The van der Waals surface area contributed by atoms with Crippen LogP contribution in [-0.4, -0.2) is 27.3 Å². The molecule has 12 heavy (non-hydrogen) atoms. The van der Waals surface area contributed by atoms with Crippen molar-refractivity contribution in [3.05, 3.63) is 0 Å². The van der Waals surface area contributed by atoms with Crippen LogP contribution in [-0.2, 0) is 9.73 Å². The summed E-state index contributed by atoms with van der Waals surface area (Å²) in [6.45, 7) is 7.33. The molecule has 4 heteroatoms. The molecule has 0 aromatic rings. The summed E-state index contributed by atoms with van der Waals surface area (Å²) >= 11 is 0. The molecule has 2 atom stereocenters. The van der Waals surface area contributed by atoms with Gasteiger partial charge in [-0.05, 0) is 33.7 Å². The summed E-state index contributed by atoms with van der Waals surface area (Å²) in [6.07, 6.45) is 0.888. The summed E-state index contributed by atoms with van der Waals surface area (Å²) in [5, 5.41) is 3.20. The molecule has 0 amide bonds. The first-order valence-electron chi connectivity index (χ1n) is 4.33. The van der Waals surface area contributed by atoms with Crippen molar-refractivity contribution >= 4 is 9.73 Å². The first kappa shape index (κ1) is 9.99. The van der Waals surface area contributed by atoms with Gasteiger partial charge >= 0.3 is 0 Å². The molecule has 0 aliphatic carbocycles. The maximum atomic E-state index is 12.0. The highest BCUT2D eigenvalue weighted by molar-refractivity contribution is 7.94. The zero-order valence-electron chi connectivity index (χ0n) is 8.02. The van der Waals surface area contributed by atoms with E-state index in [-0.39, 0.29) is 10.00 Å². The Balaban J connectivity index is 2.85. The maximum absolute atomic E-state index is 12.0. The predicted molar refractivity (Wildman–Crippen MR) is 51.9 cm³/mol. The summed E-state index contributed by atoms with van der Waals surface area (Å²) in [5.74, 6) is 0. The Kier molecular flexibility index (Phi) is 2.50. The molecule has 2 unspecified atom stereocenters. The molecule has 0 spiro atoms. The number of nitrogens with one attached hydrogen (secondary N) is 2. The van der Waals surface area contributed by atoms with Crippen LogP contribution in [0, 0.1) is 4.78 Å². The molecular weight excluding hydrogens is 172 g/mol. The molecule has 1 fully saturated rings. The van der Waals surface area contributed by atoms with E-state index in [9.17, 15) is 4.21 Å². The van der Waals surface area contributed by atoms with Crippen LogP contribution in [0.4, 0.5) is 0 Å². The van der Waals surface area contributed by atoms with Crippen molar-refractivity contribution in [2.75, 3.05) is 13.1 Å². The third-order valence-electron chi connectivity index (χ3n) is 2.39. The summed E-state index contributed by atoms with van der Waals surface area (Å²) in [5.41, 5.74) is 0. The fourth-order valence-corrected chi connectivity index (χ4v) is 3.21. The first-order chi connectivity index (χ1) is 5.36. The normalized spacial score (nSPS) is 30.1. The van der Waals surface area contributed by atoms with E-state index in [0.717, 1.165) is 19.5 Å². The van der Waals surface area contributed by atoms with Crippen molar-refractivity contribution in [1.29, 1.82) is 4.78 Å². The van der Waals surface area contributed by atoms with Crippen LogP contribution in [0.1, 0.15) is 27.2 Å². The van der Waals surface area contributed by atoms with Gasteiger partial charge in [0, 0.05) is 11.3 Å². The Labute approximate surface area is 74.9 Å². The van der Waals surface area contributed by atoms with Crippen molar-refractivity contribution in [3.8, 4) is 0 Å². The van der Waals surface area contributed by atoms with Crippen LogP contribution in [0.25, 0.3) is 0 Å². The molecule has 1 heterocycles. The van der Waals surface area contributed by atoms with Crippen molar-refractivity contribution in [2.24, 2.45) is 0 Å². The van der Waals surface area contributed by atoms with Gasteiger partial charge in [0.2, 0.25) is 0 Å². The molecule has 0 saturated carbocycles. The first-order valence-corrected chi connectivity index (χ1v) is 5.96. The van der Waals surface area contributed by atoms with E-state index >= 15 is 0 Å². The van der Waals surface area contributed by atoms with E-state index in [4.69, 9.17) is 4.78 Å². The van der Waals surface area contributed by atoms with Gasteiger partial charge in [-0.25, -0.2) is 4.21 Å². The summed E-state index contributed by atoms with van der Waals surface area (Å²) in [4.78, 5) is 0. The molecule has 0 bridgehead atoms. The molecule has 0 aromatic carbocycles. The smallest absolute Gasteiger partial charge is 0.0570 e. The minimum Gasteiger partial charge on any atom is -0.315 e. The Morgan fingerprint density at radius 1 is 1.50 bits per heavy atom. The van der Waals surface area contributed by atoms with Crippen molar-refractivity contribution in [2.45, 2.75) is 37.2 Å². The topological polar surface area (TPSA) is 53.0 Å². The number of hydrogen-bond donors (Lipinski definition) is 2. The van der Waals surface area contributed by atoms with Gasteiger partial charge in [-0.2, -0.15) is 0 Å². The molecule has 0 aromatic heterocycles. The molecule has 1 aliphatic rings. The molecule has 1 aliphatic heterocycles. The van der Waals surface area contributed by atoms with Gasteiger partial charge in [0.1, 0.15) is 0 Å². The standard InChI is InChI=1S/C8H18N2OS/c1-8(2,3)12(9,11)7-4-5-10-6-7/h7,9-10H,4-6H2,1-3H3. The van der Waals surface area contributed by atoms with Gasteiger partial charge in [-0.3, -0.25) is 4.78 Å². The molecule has 0 radical (unpaired) electrons. The molecular formula is C8H18N2OS. The van der Waals surface area contributed by atoms with Gasteiger partial charge in [0.05, 0.1) is 15.0 Å². The largest absolute Gasteiger partial charge is 0.315 e. The zero-order valence-corrected chi connectivity index (χ0v) is 8.83. The van der Waals surface area contributed by atoms with Gasteiger partial charge in [0.25, 0.3) is 0 Å². The van der Waals surface area contributed by atoms with Gasteiger partial charge in [-0.15, -0.1) is 0 Å². The molecule has 1 saturated heterocycles. The van der Waals surface area contributed by atoms with Crippen LogP contribution >= 0.6 is 0 Å². The summed E-state index contributed by atoms with van der Waals surface area (Å²) in [7, 11) is -2.44. The zero-order chi connectivity index (χ0) is 9.41. The second-order valence-electron chi connectivity index (χ2n) is 4.33. The minimum atomic E-state index is -2.44. The van der Waals surface area contributed by atoms with Crippen molar-refractivity contribution in [3.63, 3.8) is 0 Å². The SMILES string of the molecule is CC(C)(C)S(=N)(=O)C1CCNC1. The average Bonchev–Trinajstić information content (AvgIpc) is 2.34. The second-order valence-corrected chi connectivity index (χ2v) is 7.42. The van der Waals surface area contributed by atoms with E-state index in [0.29, 0.717) is 0 Å². The lowest BCUT2D eigenvalue weighted by Crippen LogP contribution is -2.37. The fraction of sp³-hybridized carbons (Fsp3) is 1.00. The van der Waals surface area contributed by atoms with Crippen LogP contribution in [0.3, 0.4) is 0 Å². The Bertz CT molecular complexity index is 245. The van der Waals surface area contributed by atoms with E-state index in [2.05, 4.69) is 5.32 Å². The van der Waals surface area contributed by atoms with Crippen molar-refractivity contribution < 1.29 is 4.21 Å². The highest BCUT2D eigenvalue weighted by Gasteiger charge is 2.34. The highest BCUT2D eigenvalue weighted by atomic mass is 32.2.